The molecule has 3 N–H and O–H groups in total. The van der Waals surface area contributed by atoms with Crippen LogP contribution in [-0.4, -0.2) is 50.1 Å². The summed E-state index contributed by atoms with van der Waals surface area (Å²) in [7, 11) is 2.07. The van der Waals surface area contributed by atoms with Crippen molar-refractivity contribution < 1.29 is 8.78 Å². The van der Waals surface area contributed by atoms with E-state index in [2.05, 4.69) is 44.3 Å². The number of hydrogen-bond acceptors (Lipinski definition) is 5. The van der Waals surface area contributed by atoms with Gasteiger partial charge in [0.05, 0.1) is 18.3 Å². The molecule has 0 saturated heterocycles. The first-order valence-electron chi connectivity index (χ1n) is 12.7. The lowest BCUT2D eigenvalue weighted by Gasteiger charge is -2.20. The number of alkyl halides is 2. The van der Waals surface area contributed by atoms with Gasteiger partial charge in [-0.2, -0.15) is 10.1 Å². The van der Waals surface area contributed by atoms with Crippen LogP contribution >= 0.6 is 0 Å². The van der Waals surface area contributed by atoms with Crippen LogP contribution in [0.25, 0.3) is 33.8 Å². The van der Waals surface area contributed by atoms with Gasteiger partial charge in [0.1, 0.15) is 5.65 Å². The molecule has 36 heavy (non-hydrogen) atoms. The molecule has 4 heterocycles. The Morgan fingerprint density at radius 3 is 2.69 bits per heavy atom. The third-order valence-electron chi connectivity index (χ3n) is 7.18. The molecule has 4 aromatic heterocycles. The highest BCUT2D eigenvalue weighted by atomic mass is 19.3. The van der Waals surface area contributed by atoms with E-state index in [1.165, 1.54) is 32.1 Å². The van der Waals surface area contributed by atoms with Gasteiger partial charge in [-0.05, 0) is 50.4 Å². The number of H-pyrrole nitrogens is 1. The maximum atomic E-state index is 13.9. The van der Waals surface area contributed by atoms with Crippen molar-refractivity contribution >= 4 is 28.6 Å². The minimum absolute atomic E-state index is 0.196. The van der Waals surface area contributed by atoms with Crippen molar-refractivity contribution in [1.29, 1.82) is 0 Å². The lowest BCUT2D eigenvalue weighted by atomic mass is 9.96. The van der Waals surface area contributed by atoms with Gasteiger partial charge in [-0.3, -0.25) is 0 Å². The number of fused-ring (bicyclic) bond motifs is 2. The first kappa shape index (κ1) is 24.4. The van der Waals surface area contributed by atoms with Crippen LogP contribution in [0.2, 0.25) is 0 Å². The zero-order valence-corrected chi connectivity index (χ0v) is 20.6. The third kappa shape index (κ3) is 5.26. The zero-order chi connectivity index (χ0) is 25.1. The highest BCUT2D eigenvalue weighted by Gasteiger charge is 2.46. The molecule has 0 spiro atoms. The molecule has 4 aromatic rings. The van der Waals surface area contributed by atoms with E-state index in [0.29, 0.717) is 18.5 Å². The molecule has 0 amide bonds. The summed E-state index contributed by atoms with van der Waals surface area (Å²) in [5.41, 5.74) is 4.40. The summed E-state index contributed by atoms with van der Waals surface area (Å²) in [5, 5.41) is 11.1. The molecule has 0 unspecified atom stereocenters. The monoisotopic (exact) mass is 493 g/mol. The first-order chi connectivity index (χ1) is 17.5. The molecular weight excluding hydrogens is 460 g/mol. The van der Waals surface area contributed by atoms with Crippen molar-refractivity contribution in [2.45, 2.75) is 56.9 Å². The van der Waals surface area contributed by atoms with Gasteiger partial charge in [-0.25, -0.2) is 18.3 Å². The fourth-order valence-corrected chi connectivity index (χ4v) is 4.79. The van der Waals surface area contributed by atoms with Gasteiger partial charge < -0.3 is 15.6 Å². The average Bonchev–Trinajstić information content (AvgIpc) is 3.58. The number of nitrogens with one attached hydrogen (secondary N) is 3. The summed E-state index contributed by atoms with van der Waals surface area (Å²) >= 11 is 0. The fraction of sp³-hybridized carbons (Fsp3) is 0.444. The van der Waals surface area contributed by atoms with Crippen LogP contribution in [0.15, 0.2) is 43.5 Å². The SMILES string of the molecule is C=Cc1cnn2ccc(-c3c[nH]c4nc(NCC(F)(F)C5CC5)ncc34)cc12.CNC1CCCCC1. The molecular formula is C27H33F2N7. The molecule has 0 aliphatic heterocycles. The largest absolute Gasteiger partial charge is 0.348 e. The quantitative estimate of drug-likeness (QED) is 0.298. The molecule has 0 aromatic carbocycles. The molecule has 190 valence electrons. The summed E-state index contributed by atoms with van der Waals surface area (Å²) in [4.78, 5) is 11.7. The van der Waals surface area contributed by atoms with E-state index in [-0.39, 0.29) is 5.95 Å². The lowest BCUT2D eigenvalue weighted by molar-refractivity contribution is -0.00831. The predicted molar refractivity (Wildman–Crippen MR) is 140 cm³/mol. The van der Waals surface area contributed by atoms with Crippen LogP contribution in [-0.2, 0) is 0 Å². The summed E-state index contributed by atoms with van der Waals surface area (Å²) in [6.45, 7) is 3.37. The Bertz CT molecular complexity index is 1330. The highest BCUT2D eigenvalue weighted by molar-refractivity contribution is 5.94. The zero-order valence-electron chi connectivity index (χ0n) is 20.6. The molecule has 6 rings (SSSR count). The average molecular weight is 494 g/mol. The number of pyridine rings is 1. The van der Waals surface area contributed by atoms with E-state index in [4.69, 9.17) is 0 Å². The topological polar surface area (TPSA) is 82.9 Å². The second-order valence-electron chi connectivity index (χ2n) is 9.72. The summed E-state index contributed by atoms with van der Waals surface area (Å²) in [5.74, 6) is -3.04. The number of aromatic amines is 1. The minimum atomic E-state index is -2.72. The normalized spacial score (nSPS) is 16.6. The van der Waals surface area contributed by atoms with E-state index >= 15 is 0 Å². The Labute approximate surface area is 209 Å². The lowest BCUT2D eigenvalue weighted by Crippen LogP contribution is -2.29. The van der Waals surface area contributed by atoms with Gasteiger partial charge >= 0.3 is 0 Å². The van der Waals surface area contributed by atoms with Crippen LogP contribution in [0.3, 0.4) is 0 Å². The summed E-state index contributed by atoms with van der Waals surface area (Å²) in [6.07, 6.45) is 17.2. The Balaban J connectivity index is 0.000000286. The standard InChI is InChI=1S/C20H18F2N6.C7H15N/c1-2-12-8-26-28-6-5-13(7-17(12)28)15-9-23-18-16(15)10-24-19(27-18)25-11-20(21,22)14-3-4-14;1-8-7-5-3-2-4-6-7/h2,5-10,14H,1,3-4,11H2,(H2,23,24,25,27);7-8H,2-6H2,1H3. The molecule has 2 fully saturated rings. The van der Waals surface area contributed by atoms with E-state index in [1.807, 2.05) is 24.5 Å². The molecule has 0 bridgehead atoms. The van der Waals surface area contributed by atoms with Gasteiger partial charge in [0, 0.05) is 47.1 Å². The van der Waals surface area contributed by atoms with E-state index in [1.54, 1.807) is 23.0 Å². The van der Waals surface area contributed by atoms with Gasteiger partial charge in [0.15, 0.2) is 0 Å². The van der Waals surface area contributed by atoms with Gasteiger partial charge in [-0.15, -0.1) is 0 Å². The number of hydrogen-bond donors (Lipinski definition) is 3. The first-order valence-corrected chi connectivity index (χ1v) is 12.7. The van der Waals surface area contributed by atoms with Gasteiger partial charge in [0.25, 0.3) is 5.92 Å². The Hall–Kier alpha value is -3.33. The molecule has 2 aliphatic carbocycles. The van der Waals surface area contributed by atoms with Gasteiger partial charge in [-0.1, -0.05) is 31.9 Å². The van der Waals surface area contributed by atoms with Crippen LogP contribution in [0.1, 0.15) is 50.5 Å². The molecule has 2 saturated carbocycles. The fourth-order valence-electron chi connectivity index (χ4n) is 4.79. The van der Waals surface area contributed by atoms with E-state index in [0.717, 1.165) is 33.6 Å². The van der Waals surface area contributed by atoms with Crippen molar-refractivity contribution in [3.05, 3.63) is 49.1 Å². The second-order valence-corrected chi connectivity index (χ2v) is 9.72. The number of anilines is 1. The molecule has 7 nitrogen and oxygen atoms in total. The second kappa shape index (κ2) is 10.3. The van der Waals surface area contributed by atoms with E-state index in [9.17, 15) is 8.78 Å². The third-order valence-corrected chi connectivity index (χ3v) is 7.18. The number of aromatic nitrogens is 5. The van der Waals surface area contributed by atoms with Crippen LogP contribution < -0.4 is 10.6 Å². The maximum Gasteiger partial charge on any atom is 0.267 e. The number of nitrogens with zero attached hydrogens (tertiary/aromatic N) is 4. The smallest absolute Gasteiger partial charge is 0.267 e. The van der Waals surface area contributed by atoms with Gasteiger partial charge in [0.2, 0.25) is 5.95 Å². The highest BCUT2D eigenvalue weighted by Crippen LogP contribution is 2.43. The van der Waals surface area contributed by atoms with Crippen molar-refractivity contribution in [1.82, 2.24) is 29.9 Å². The van der Waals surface area contributed by atoms with Crippen molar-refractivity contribution in [3.8, 4) is 11.1 Å². The predicted octanol–water partition coefficient (Wildman–Crippen LogP) is 5.91. The molecule has 0 atom stereocenters. The number of halogens is 2. The minimum Gasteiger partial charge on any atom is -0.348 e. The summed E-state index contributed by atoms with van der Waals surface area (Å²) in [6, 6.07) is 4.82. The molecule has 9 heteroatoms. The summed E-state index contributed by atoms with van der Waals surface area (Å²) < 4.78 is 29.5. The Morgan fingerprint density at radius 1 is 1.19 bits per heavy atom. The van der Waals surface area contributed by atoms with Crippen molar-refractivity contribution in [2.24, 2.45) is 5.92 Å². The Kier molecular flexibility index (Phi) is 7.00. The molecule has 2 aliphatic rings. The van der Waals surface area contributed by atoms with Crippen molar-refractivity contribution in [3.63, 3.8) is 0 Å². The number of rotatable bonds is 7. The van der Waals surface area contributed by atoms with Crippen LogP contribution in [0.4, 0.5) is 14.7 Å². The van der Waals surface area contributed by atoms with Crippen LogP contribution in [0.5, 0.6) is 0 Å². The van der Waals surface area contributed by atoms with Crippen molar-refractivity contribution in [2.75, 3.05) is 18.9 Å². The van der Waals surface area contributed by atoms with Crippen LogP contribution in [0, 0.1) is 5.92 Å². The maximum absolute atomic E-state index is 13.9. The molecule has 0 radical (unpaired) electrons. The van der Waals surface area contributed by atoms with E-state index < -0.39 is 18.4 Å². The Morgan fingerprint density at radius 2 is 2.00 bits per heavy atom.